The molecule has 1 aliphatic rings. The molecule has 6 heteroatoms. The highest BCUT2D eigenvalue weighted by Gasteiger charge is 2.35. The highest BCUT2D eigenvalue weighted by atomic mass is 16.4. The maximum Gasteiger partial charge on any atom is 0.306 e. The Balaban J connectivity index is 1.87. The monoisotopic (exact) mass is 251 g/mol. The number of carboxylic acids is 1. The number of hydrogen-bond donors (Lipinski definition) is 3. The Bertz CT molecular complexity index is 461. The normalized spacial score (nSPS) is 22.6. The first-order chi connectivity index (χ1) is 8.47. The molecule has 6 nitrogen and oxygen atoms in total. The van der Waals surface area contributed by atoms with Crippen LogP contribution in [0.15, 0.2) is 6.07 Å². The van der Waals surface area contributed by atoms with Crippen LogP contribution in [0, 0.1) is 5.92 Å². The van der Waals surface area contributed by atoms with Crippen LogP contribution in [-0.4, -0.2) is 33.2 Å². The van der Waals surface area contributed by atoms with Gasteiger partial charge in [-0.2, -0.15) is 5.10 Å². The van der Waals surface area contributed by atoms with Gasteiger partial charge < -0.3 is 10.4 Å². The second-order valence-electron chi connectivity index (χ2n) is 5.04. The van der Waals surface area contributed by atoms with Crippen molar-refractivity contribution < 1.29 is 14.7 Å². The topological polar surface area (TPSA) is 95.1 Å². The first kappa shape index (κ1) is 12.6. The maximum absolute atomic E-state index is 11.8. The van der Waals surface area contributed by atoms with Gasteiger partial charge in [0.1, 0.15) is 5.69 Å². The number of hydrogen-bond acceptors (Lipinski definition) is 3. The minimum Gasteiger partial charge on any atom is -0.481 e. The zero-order valence-electron chi connectivity index (χ0n) is 10.4. The van der Waals surface area contributed by atoms with E-state index in [1.165, 1.54) is 0 Å². The summed E-state index contributed by atoms with van der Waals surface area (Å²) in [7, 11) is 0. The van der Waals surface area contributed by atoms with Gasteiger partial charge in [-0.05, 0) is 24.8 Å². The molecule has 1 fully saturated rings. The van der Waals surface area contributed by atoms with E-state index in [0.717, 1.165) is 5.69 Å². The molecule has 1 heterocycles. The van der Waals surface area contributed by atoms with E-state index in [1.54, 1.807) is 6.07 Å². The van der Waals surface area contributed by atoms with Gasteiger partial charge >= 0.3 is 5.97 Å². The Kier molecular flexibility index (Phi) is 3.36. The molecule has 1 aromatic heterocycles. The summed E-state index contributed by atoms with van der Waals surface area (Å²) in [5, 5.41) is 18.3. The van der Waals surface area contributed by atoms with Crippen LogP contribution < -0.4 is 5.32 Å². The lowest BCUT2D eigenvalue weighted by Crippen LogP contribution is -2.46. The van der Waals surface area contributed by atoms with Crippen molar-refractivity contribution in [2.45, 2.75) is 38.6 Å². The Morgan fingerprint density at radius 2 is 2.17 bits per heavy atom. The standard InChI is InChI=1S/C12H17N3O3/c1-6(2)9-5-10(15-14-9)11(16)13-8-3-7(4-8)12(17)18/h5-8H,3-4H2,1-2H3,(H,13,16)(H,14,15)(H,17,18). The van der Waals surface area contributed by atoms with E-state index in [9.17, 15) is 9.59 Å². The Labute approximate surface area is 105 Å². The Morgan fingerprint density at radius 1 is 1.50 bits per heavy atom. The highest BCUT2D eigenvalue weighted by Crippen LogP contribution is 2.27. The number of aromatic nitrogens is 2. The van der Waals surface area contributed by atoms with Crippen LogP contribution in [0.3, 0.4) is 0 Å². The third-order valence-corrected chi connectivity index (χ3v) is 3.27. The van der Waals surface area contributed by atoms with Crippen molar-refractivity contribution in [3.05, 3.63) is 17.5 Å². The number of aliphatic carboxylic acids is 1. The maximum atomic E-state index is 11.8. The zero-order valence-corrected chi connectivity index (χ0v) is 10.4. The zero-order chi connectivity index (χ0) is 13.3. The van der Waals surface area contributed by atoms with Gasteiger partial charge in [0.2, 0.25) is 0 Å². The van der Waals surface area contributed by atoms with Crippen LogP contribution >= 0.6 is 0 Å². The highest BCUT2D eigenvalue weighted by molar-refractivity contribution is 5.92. The molecule has 1 aliphatic carbocycles. The molecule has 0 radical (unpaired) electrons. The smallest absolute Gasteiger partial charge is 0.306 e. The molecular formula is C12H17N3O3. The number of carboxylic acid groups (broad SMARTS) is 1. The lowest BCUT2D eigenvalue weighted by atomic mass is 9.80. The van der Waals surface area contributed by atoms with Crippen LogP contribution in [-0.2, 0) is 4.79 Å². The molecule has 1 amide bonds. The molecule has 0 aromatic carbocycles. The second-order valence-corrected chi connectivity index (χ2v) is 5.04. The molecule has 0 atom stereocenters. The largest absolute Gasteiger partial charge is 0.481 e. The average Bonchev–Trinajstić information content (AvgIpc) is 2.70. The van der Waals surface area contributed by atoms with Gasteiger partial charge in [-0.3, -0.25) is 14.7 Å². The molecule has 1 saturated carbocycles. The Hall–Kier alpha value is -1.85. The number of rotatable bonds is 4. The number of nitrogens with one attached hydrogen (secondary N) is 2. The molecule has 18 heavy (non-hydrogen) atoms. The molecule has 98 valence electrons. The fraction of sp³-hybridized carbons (Fsp3) is 0.583. The fourth-order valence-electron chi connectivity index (χ4n) is 1.95. The molecule has 0 aliphatic heterocycles. The fourth-order valence-corrected chi connectivity index (χ4v) is 1.95. The predicted octanol–water partition coefficient (Wildman–Crippen LogP) is 1.13. The van der Waals surface area contributed by atoms with Crippen molar-refractivity contribution in [2.75, 3.05) is 0 Å². The van der Waals surface area contributed by atoms with Gasteiger partial charge in [-0.25, -0.2) is 0 Å². The van der Waals surface area contributed by atoms with Gasteiger partial charge in [-0.15, -0.1) is 0 Å². The van der Waals surface area contributed by atoms with E-state index in [1.807, 2.05) is 13.8 Å². The second kappa shape index (κ2) is 4.80. The summed E-state index contributed by atoms with van der Waals surface area (Å²) in [4.78, 5) is 22.5. The van der Waals surface area contributed by atoms with Crippen LogP contribution in [0.25, 0.3) is 0 Å². The van der Waals surface area contributed by atoms with E-state index in [-0.39, 0.29) is 17.9 Å². The number of amides is 1. The number of nitrogens with zero attached hydrogens (tertiary/aromatic N) is 1. The lowest BCUT2D eigenvalue weighted by Gasteiger charge is -2.32. The molecule has 2 rings (SSSR count). The van der Waals surface area contributed by atoms with E-state index in [0.29, 0.717) is 24.5 Å². The number of carbonyl (C=O) groups excluding carboxylic acids is 1. The minimum atomic E-state index is -0.789. The van der Waals surface area contributed by atoms with Crippen molar-refractivity contribution in [2.24, 2.45) is 5.92 Å². The number of aromatic amines is 1. The Morgan fingerprint density at radius 3 is 2.67 bits per heavy atom. The van der Waals surface area contributed by atoms with E-state index in [2.05, 4.69) is 15.5 Å². The summed E-state index contributed by atoms with van der Waals surface area (Å²) in [5.74, 6) is -1.06. The van der Waals surface area contributed by atoms with E-state index < -0.39 is 5.97 Å². The van der Waals surface area contributed by atoms with E-state index in [4.69, 9.17) is 5.11 Å². The molecule has 0 saturated heterocycles. The first-order valence-corrected chi connectivity index (χ1v) is 6.06. The van der Waals surface area contributed by atoms with Crippen LogP contribution in [0.2, 0.25) is 0 Å². The third-order valence-electron chi connectivity index (χ3n) is 3.27. The van der Waals surface area contributed by atoms with Crippen molar-refractivity contribution >= 4 is 11.9 Å². The summed E-state index contributed by atoms with van der Waals surface area (Å²) in [6.07, 6.45) is 1.01. The minimum absolute atomic E-state index is 0.0437. The van der Waals surface area contributed by atoms with Crippen molar-refractivity contribution in [1.29, 1.82) is 0 Å². The molecular weight excluding hydrogens is 234 g/mol. The van der Waals surface area contributed by atoms with Gasteiger partial charge in [0.05, 0.1) is 5.92 Å². The molecule has 0 bridgehead atoms. The molecule has 3 N–H and O–H groups in total. The quantitative estimate of drug-likeness (QED) is 0.747. The summed E-state index contributed by atoms with van der Waals surface area (Å²) >= 11 is 0. The number of carbonyl (C=O) groups is 2. The summed E-state index contributed by atoms with van der Waals surface area (Å²) in [5.41, 5.74) is 1.27. The van der Waals surface area contributed by atoms with Crippen LogP contribution in [0.5, 0.6) is 0 Å². The molecule has 1 aromatic rings. The predicted molar refractivity (Wildman–Crippen MR) is 64.3 cm³/mol. The van der Waals surface area contributed by atoms with Gasteiger partial charge in [0.25, 0.3) is 5.91 Å². The van der Waals surface area contributed by atoms with Gasteiger partial charge in [-0.1, -0.05) is 13.8 Å². The lowest BCUT2D eigenvalue weighted by molar-refractivity contribution is -0.145. The van der Waals surface area contributed by atoms with Gasteiger partial charge in [0, 0.05) is 11.7 Å². The van der Waals surface area contributed by atoms with Crippen molar-refractivity contribution in [3.63, 3.8) is 0 Å². The van der Waals surface area contributed by atoms with Crippen molar-refractivity contribution in [1.82, 2.24) is 15.5 Å². The van der Waals surface area contributed by atoms with Gasteiger partial charge in [0.15, 0.2) is 0 Å². The third kappa shape index (κ3) is 2.52. The summed E-state index contributed by atoms with van der Waals surface area (Å²) in [6.45, 7) is 4.02. The van der Waals surface area contributed by atoms with Crippen LogP contribution in [0.1, 0.15) is 48.8 Å². The number of H-pyrrole nitrogens is 1. The molecule has 0 spiro atoms. The summed E-state index contributed by atoms with van der Waals surface area (Å²) < 4.78 is 0. The average molecular weight is 251 g/mol. The first-order valence-electron chi connectivity index (χ1n) is 6.06. The van der Waals surface area contributed by atoms with Crippen molar-refractivity contribution in [3.8, 4) is 0 Å². The SMILES string of the molecule is CC(C)c1cc(C(=O)NC2CC(C(=O)O)C2)n[nH]1. The van der Waals surface area contributed by atoms with E-state index >= 15 is 0 Å². The summed E-state index contributed by atoms with van der Waals surface area (Å²) in [6, 6.07) is 1.69. The molecule has 0 unspecified atom stereocenters. The van der Waals surface area contributed by atoms with Crippen LogP contribution in [0.4, 0.5) is 0 Å².